The van der Waals surface area contributed by atoms with Crippen LogP contribution in [0.15, 0.2) is 0 Å². The number of carbonyl (C=O) groups excluding carboxylic acids is 1. The average molecular weight is 238 g/mol. The number of hydrogen-bond acceptors (Lipinski definition) is 2. The fourth-order valence-electron chi connectivity index (χ4n) is 3.52. The monoisotopic (exact) mass is 238 g/mol. The molecule has 2 aliphatic rings. The first-order valence-electron chi connectivity index (χ1n) is 7.09. The molecule has 1 N–H and O–H groups in total. The smallest absolute Gasteiger partial charge is 0.225 e. The summed E-state index contributed by atoms with van der Waals surface area (Å²) in [4.78, 5) is 14.6. The van der Waals surface area contributed by atoms with Crippen LogP contribution in [0.1, 0.15) is 39.5 Å². The number of nitrogens with one attached hydrogen (secondary N) is 1. The lowest BCUT2D eigenvalue weighted by atomic mass is 9.91. The van der Waals surface area contributed by atoms with Crippen LogP contribution in [0.2, 0.25) is 0 Å². The fraction of sp³-hybridized carbons (Fsp3) is 0.929. The van der Waals surface area contributed by atoms with Gasteiger partial charge in [0.1, 0.15) is 0 Å². The molecule has 2 rings (SSSR count). The Labute approximate surface area is 105 Å². The van der Waals surface area contributed by atoms with Crippen LogP contribution >= 0.6 is 0 Å². The molecule has 0 spiro atoms. The molecule has 98 valence electrons. The number of piperidine rings is 1. The third-order valence-electron chi connectivity index (χ3n) is 4.77. The lowest BCUT2D eigenvalue weighted by Gasteiger charge is -2.38. The van der Waals surface area contributed by atoms with Crippen LogP contribution < -0.4 is 5.32 Å². The van der Waals surface area contributed by atoms with E-state index in [0.717, 1.165) is 25.9 Å². The topological polar surface area (TPSA) is 32.3 Å². The summed E-state index contributed by atoms with van der Waals surface area (Å²) in [7, 11) is 2.03. The summed E-state index contributed by atoms with van der Waals surface area (Å²) < 4.78 is 0. The van der Waals surface area contributed by atoms with Crippen molar-refractivity contribution in [3.63, 3.8) is 0 Å². The molecule has 1 amide bonds. The summed E-state index contributed by atoms with van der Waals surface area (Å²) in [6, 6.07) is 0.583. The van der Waals surface area contributed by atoms with Crippen molar-refractivity contribution in [2.45, 2.75) is 45.6 Å². The van der Waals surface area contributed by atoms with Crippen LogP contribution in [0.3, 0.4) is 0 Å². The van der Waals surface area contributed by atoms with Gasteiger partial charge >= 0.3 is 0 Å². The zero-order chi connectivity index (χ0) is 12.4. The van der Waals surface area contributed by atoms with E-state index in [1.165, 1.54) is 12.8 Å². The van der Waals surface area contributed by atoms with Gasteiger partial charge in [0.05, 0.1) is 0 Å². The number of likely N-dealkylation sites (tertiary alicyclic amines) is 1. The van der Waals surface area contributed by atoms with E-state index in [4.69, 9.17) is 0 Å². The first-order valence-corrected chi connectivity index (χ1v) is 7.09. The molecule has 2 fully saturated rings. The molecule has 17 heavy (non-hydrogen) atoms. The van der Waals surface area contributed by atoms with E-state index in [0.29, 0.717) is 29.7 Å². The van der Waals surface area contributed by atoms with Crippen molar-refractivity contribution < 1.29 is 4.79 Å². The van der Waals surface area contributed by atoms with Crippen molar-refractivity contribution in [1.82, 2.24) is 10.2 Å². The van der Waals surface area contributed by atoms with Crippen molar-refractivity contribution in [2.24, 2.45) is 17.8 Å². The van der Waals surface area contributed by atoms with Crippen LogP contribution in [0.5, 0.6) is 0 Å². The fourth-order valence-corrected chi connectivity index (χ4v) is 3.52. The molecule has 1 saturated heterocycles. The van der Waals surface area contributed by atoms with Gasteiger partial charge in [0.2, 0.25) is 5.91 Å². The quantitative estimate of drug-likeness (QED) is 0.796. The van der Waals surface area contributed by atoms with Crippen LogP contribution in [-0.4, -0.2) is 37.0 Å². The van der Waals surface area contributed by atoms with Gasteiger partial charge in [0.15, 0.2) is 0 Å². The van der Waals surface area contributed by atoms with Crippen molar-refractivity contribution in [3.05, 3.63) is 0 Å². The summed E-state index contributed by atoms with van der Waals surface area (Å²) in [5.41, 5.74) is 0. The highest BCUT2D eigenvalue weighted by atomic mass is 16.2. The Morgan fingerprint density at radius 1 is 1.18 bits per heavy atom. The van der Waals surface area contributed by atoms with Gasteiger partial charge in [-0.05, 0) is 38.1 Å². The number of rotatable bonds is 2. The van der Waals surface area contributed by atoms with Gasteiger partial charge < -0.3 is 10.2 Å². The minimum Gasteiger partial charge on any atom is -0.342 e. The van der Waals surface area contributed by atoms with Gasteiger partial charge in [-0.2, -0.15) is 0 Å². The summed E-state index contributed by atoms with van der Waals surface area (Å²) in [6.45, 7) is 6.36. The summed E-state index contributed by atoms with van der Waals surface area (Å²) in [6.07, 6.45) is 4.68. The van der Waals surface area contributed by atoms with Crippen LogP contribution in [-0.2, 0) is 4.79 Å². The maximum Gasteiger partial charge on any atom is 0.225 e. The molecular formula is C14H26N2O. The molecule has 1 heterocycles. The lowest BCUT2D eigenvalue weighted by molar-refractivity contribution is -0.138. The van der Waals surface area contributed by atoms with Gasteiger partial charge in [0.25, 0.3) is 0 Å². The van der Waals surface area contributed by atoms with Crippen molar-refractivity contribution >= 4 is 5.91 Å². The van der Waals surface area contributed by atoms with Gasteiger partial charge in [0, 0.05) is 25.0 Å². The van der Waals surface area contributed by atoms with Gasteiger partial charge in [-0.15, -0.1) is 0 Å². The number of nitrogens with zero attached hydrogens (tertiary/aromatic N) is 1. The second-order valence-corrected chi connectivity index (χ2v) is 5.96. The van der Waals surface area contributed by atoms with E-state index < -0.39 is 0 Å². The predicted molar refractivity (Wildman–Crippen MR) is 69.7 cm³/mol. The molecule has 0 aromatic heterocycles. The molecule has 3 nitrogen and oxygen atoms in total. The second kappa shape index (κ2) is 5.38. The Bertz CT molecular complexity index is 279. The summed E-state index contributed by atoms with van der Waals surface area (Å²) in [5, 5.41) is 3.35. The third-order valence-corrected chi connectivity index (χ3v) is 4.77. The zero-order valence-electron chi connectivity index (χ0n) is 11.4. The number of amides is 1. The normalized spacial score (nSPS) is 38.4. The molecule has 1 saturated carbocycles. The third kappa shape index (κ3) is 2.65. The average Bonchev–Trinajstić information content (AvgIpc) is 2.74. The van der Waals surface area contributed by atoms with Crippen LogP contribution in [0, 0.1) is 17.8 Å². The minimum absolute atomic E-state index is 0.313. The first kappa shape index (κ1) is 12.9. The Hall–Kier alpha value is -0.570. The summed E-state index contributed by atoms with van der Waals surface area (Å²) >= 11 is 0. The maximum atomic E-state index is 12.5. The van der Waals surface area contributed by atoms with Crippen molar-refractivity contribution in [3.8, 4) is 0 Å². The molecule has 1 aliphatic carbocycles. The molecule has 0 aromatic carbocycles. The molecule has 0 aromatic rings. The van der Waals surface area contributed by atoms with Crippen molar-refractivity contribution in [1.29, 1.82) is 0 Å². The van der Waals surface area contributed by atoms with Gasteiger partial charge in [-0.3, -0.25) is 4.79 Å². The van der Waals surface area contributed by atoms with Crippen LogP contribution in [0.4, 0.5) is 0 Å². The number of hydrogen-bond donors (Lipinski definition) is 1. The van der Waals surface area contributed by atoms with Gasteiger partial charge in [-0.1, -0.05) is 20.3 Å². The van der Waals surface area contributed by atoms with E-state index in [-0.39, 0.29) is 0 Å². The molecule has 4 unspecified atom stereocenters. The molecule has 0 radical (unpaired) electrons. The second-order valence-electron chi connectivity index (χ2n) is 5.96. The molecule has 0 bridgehead atoms. The largest absolute Gasteiger partial charge is 0.342 e. The maximum absolute atomic E-state index is 12.5. The van der Waals surface area contributed by atoms with E-state index >= 15 is 0 Å². The highest BCUT2D eigenvalue weighted by Crippen LogP contribution is 2.33. The Morgan fingerprint density at radius 2 is 1.94 bits per heavy atom. The minimum atomic E-state index is 0.313. The SMILES string of the molecule is CNC1CCN(C(=O)C2CCCC2C)CC1C. The lowest BCUT2D eigenvalue weighted by Crippen LogP contribution is -2.50. The summed E-state index contributed by atoms with van der Waals surface area (Å²) in [5.74, 6) is 1.92. The van der Waals surface area contributed by atoms with E-state index in [9.17, 15) is 4.79 Å². The van der Waals surface area contributed by atoms with Gasteiger partial charge in [-0.25, -0.2) is 0 Å². The Morgan fingerprint density at radius 3 is 2.47 bits per heavy atom. The van der Waals surface area contributed by atoms with E-state index in [2.05, 4.69) is 24.1 Å². The highest BCUT2D eigenvalue weighted by Gasteiger charge is 2.35. The zero-order valence-corrected chi connectivity index (χ0v) is 11.4. The first-order chi connectivity index (χ1) is 8.13. The highest BCUT2D eigenvalue weighted by molar-refractivity contribution is 5.79. The Kier molecular flexibility index (Phi) is 4.08. The molecular weight excluding hydrogens is 212 g/mol. The molecule has 1 aliphatic heterocycles. The van der Waals surface area contributed by atoms with E-state index in [1.54, 1.807) is 0 Å². The van der Waals surface area contributed by atoms with E-state index in [1.807, 2.05) is 7.05 Å². The van der Waals surface area contributed by atoms with Crippen LogP contribution in [0.25, 0.3) is 0 Å². The molecule has 3 heteroatoms. The van der Waals surface area contributed by atoms with Crippen molar-refractivity contribution in [2.75, 3.05) is 20.1 Å². The predicted octanol–water partition coefficient (Wildman–Crippen LogP) is 1.88. The standard InChI is InChI=1S/C14H26N2O/c1-10-5-4-6-12(10)14(17)16-8-7-13(15-3)11(2)9-16/h10-13,15H,4-9H2,1-3H3. The Balaban J connectivity index is 1.93. The molecule has 4 atom stereocenters. The number of carbonyl (C=O) groups is 1.